The molecular formula is C17H26N4O4. The van der Waals surface area contributed by atoms with Gasteiger partial charge in [-0.15, -0.1) is 0 Å². The van der Waals surface area contributed by atoms with Crippen LogP contribution in [0, 0.1) is 10.1 Å². The molecule has 2 rings (SSSR count). The molecule has 1 aromatic carbocycles. The van der Waals surface area contributed by atoms with Crippen molar-refractivity contribution >= 4 is 17.4 Å². The molecule has 2 amide bonds. The van der Waals surface area contributed by atoms with Gasteiger partial charge in [-0.2, -0.15) is 0 Å². The Balaban J connectivity index is 1.89. The maximum absolute atomic E-state index is 12.4. The van der Waals surface area contributed by atoms with Crippen LogP contribution in [0.2, 0.25) is 0 Å². The number of methoxy groups -OCH3 is 1. The number of piperazine rings is 1. The van der Waals surface area contributed by atoms with Crippen molar-refractivity contribution in [2.75, 3.05) is 45.2 Å². The molecule has 0 aromatic heterocycles. The molecule has 1 aromatic rings. The van der Waals surface area contributed by atoms with E-state index < -0.39 is 4.92 Å². The second kappa shape index (κ2) is 9.22. The minimum Gasteiger partial charge on any atom is -0.494 e. The predicted octanol–water partition coefficient (Wildman–Crippen LogP) is 2.94. The molecule has 1 saturated heterocycles. The minimum absolute atomic E-state index is 0.0736. The van der Waals surface area contributed by atoms with Crippen molar-refractivity contribution in [2.24, 2.45) is 0 Å². The summed E-state index contributed by atoms with van der Waals surface area (Å²) in [5.74, 6) is 0.278. The van der Waals surface area contributed by atoms with E-state index in [1.807, 2.05) is 0 Å². The lowest BCUT2D eigenvalue weighted by Gasteiger charge is -2.34. The van der Waals surface area contributed by atoms with Crippen LogP contribution in [0.25, 0.3) is 0 Å². The Labute approximate surface area is 147 Å². The average molecular weight is 350 g/mol. The van der Waals surface area contributed by atoms with E-state index in [-0.39, 0.29) is 17.5 Å². The molecule has 1 fully saturated rings. The molecule has 0 radical (unpaired) electrons. The topological polar surface area (TPSA) is 88.0 Å². The van der Waals surface area contributed by atoms with Crippen LogP contribution in [0.1, 0.15) is 26.2 Å². The van der Waals surface area contributed by atoms with Crippen LogP contribution in [0.5, 0.6) is 5.75 Å². The number of ether oxygens (including phenoxy) is 1. The van der Waals surface area contributed by atoms with Crippen LogP contribution >= 0.6 is 0 Å². The van der Waals surface area contributed by atoms with E-state index in [1.54, 1.807) is 4.90 Å². The molecule has 1 N–H and O–H groups in total. The standard InChI is InChI=1S/C17H26N4O4/c1-3-4-5-8-19-9-11-20(12-10-19)17(22)18-15-7-6-14(21(23)24)13-16(15)25-2/h6-7,13H,3-5,8-12H2,1-2H3,(H,18,22). The zero-order valence-electron chi connectivity index (χ0n) is 14.9. The van der Waals surface area contributed by atoms with Crippen molar-refractivity contribution in [3.8, 4) is 5.75 Å². The number of nitro groups is 1. The van der Waals surface area contributed by atoms with Crippen molar-refractivity contribution in [1.82, 2.24) is 9.80 Å². The molecular weight excluding hydrogens is 324 g/mol. The van der Waals surface area contributed by atoms with Gasteiger partial charge in [0.25, 0.3) is 5.69 Å². The van der Waals surface area contributed by atoms with Crippen molar-refractivity contribution in [3.05, 3.63) is 28.3 Å². The summed E-state index contributed by atoms with van der Waals surface area (Å²) in [5.41, 5.74) is 0.360. The number of non-ortho nitro benzene ring substituents is 1. The monoisotopic (exact) mass is 350 g/mol. The summed E-state index contributed by atoms with van der Waals surface area (Å²) >= 11 is 0. The van der Waals surface area contributed by atoms with E-state index in [2.05, 4.69) is 17.1 Å². The number of carbonyl (C=O) groups excluding carboxylic acids is 1. The molecule has 8 heteroatoms. The summed E-state index contributed by atoms with van der Waals surface area (Å²) in [5, 5.41) is 13.6. The van der Waals surface area contributed by atoms with Crippen LogP contribution < -0.4 is 10.1 Å². The number of benzene rings is 1. The Hall–Kier alpha value is -2.35. The van der Waals surface area contributed by atoms with Crippen LogP contribution in [0.4, 0.5) is 16.2 Å². The molecule has 25 heavy (non-hydrogen) atoms. The highest BCUT2D eigenvalue weighted by Gasteiger charge is 2.22. The zero-order chi connectivity index (χ0) is 18.2. The van der Waals surface area contributed by atoms with Gasteiger partial charge in [-0.1, -0.05) is 19.8 Å². The molecule has 8 nitrogen and oxygen atoms in total. The lowest BCUT2D eigenvalue weighted by molar-refractivity contribution is -0.384. The minimum atomic E-state index is -0.494. The van der Waals surface area contributed by atoms with Gasteiger partial charge >= 0.3 is 6.03 Å². The van der Waals surface area contributed by atoms with Crippen LogP contribution in [0.15, 0.2) is 18.2 Å². The Morgan fingerprint density at radius 1 is 1.28 bits per heavy atom. The zero-order valence-corrected chi connectivity index (χ0v) is 14.9. The Morgan fingerprint density at radius 2 is 2.00 bits per heavy atom. The number of urea groups is 1. The van der Waals surface area contributed by atoms with E-state index in [0.29, 0.717) is 18.8 Å². The van der Waals surface area contributed by atoms with E-state index in [1.165, 1.54) is 44.6 Å². The first-order valence-corrected chi connectivity index (χ1v) is 8.66. The Kier molecular flexibility index (Phi) is 7.00. The second-order valence-corrected chi connectivity index (χ2v) is 6.11. The first-order valence-electron chi connectivity index (χ1n) is 8.66. The van der Waals surface area contributed by atoms with Crippen LogP contribution in [0.3, 0.4) is 0 Å². The normalized spacial score (nSPS) is 15.0. The van der Waals surface area contributed by atoms with Gasteiger partial charge in [0.15, 0.2) is 0 Å². The van der Waals surface area contributed by atoms with E-state index >= 15 is 0 Å². The van der Waals surface area contributed by atoms with Gasteiger partial charge in [0.1, 0.15) is 5.75 Å². The third-order valence-corrected chi connectivity index (χ3v) is 4.37. The van der Waals surface area contributed by atoms with Gasteiger partial charge in [0.2, 0.25) is 0 Å². The van der Waals surface area contributed by atoms with Gasteiger partial charge < -0.3 is 15.0 Å². The third kappa shape index (κ3) is 5.32. The van der Waals surface area contributed by atoms with Crippen LogP contribution in [-0.4, -0.2) is 60.6 Å². The summed E-state index contributed by atoms with van der Waals surface area (Å²) in [4.78, 5) is 26.9. The largest absolute Gasteiger partial charge is 0.494 e. The molecule has 0 saturated carbocycles. The van der Waals surface area contributed by atoms with E-state index in [0.717, 1.165) is 19.6 Å². The first-order chi connectivity index (χ1) is 12.0. The Morgan fingerprint density at radius 3 is 2.60 bits per heavy atom. The fourth-order valence-corrected chi connectivity index (χ4v) is 2.85. The van der Waals surface area contributed by atoms with Gasteiger partial charge in [0.05, 0.1) is 23.8 Å². The number of unbranched alkanes of at least 4 members (excludes halogenated alkanes) is 2. The van der Waals surface area contributed by atoms with Crippen molar-refractivity contribution in [3.63, 3.8) is 0 Å². The SMILES string of the molecule is CCCCCN1CCN(C(=O)Nc2ccc([N+](=O)[O-])cc2OC)CC1. The highest BCUT2D eigenvalue weighted by atomic mass is 16.6. The van der Waals surface area contributed by atoms with Gasteiger partial charge in [-0.25, -0.2) is 4.79 Å². The summed E-state index contributed by atoms with van der Waals surface area (Å²) < 4.78 is 5.15. The molecule has 0 spiro atoms. The number of hydrogen-bond donors (Lipinski definition) is 1. The third-order valence-electron chi connectivity index (χ3n) is 4.37. The molecule has 0 atom stereocenters. The number of amides is 2. The van der Waals surface area contributed by atoms with Crippen LogP contribution in [-0.2, 0) is 0 Å². The first kappa shape index (κ1) is 19.0. The van der Waals surface area contributed by atoms with Gasteiger partial charge in [-0.3, -0.25) is 15.0 Å². The fourth-order valence-electron chi connectivity index (χ4n) is 2.85. The van der Waals surface area contributed by atoms with Crippen molar-refractivity contribution in [2.45, 2.75) is 26.2 Å². The fraction of sp³-hybridized carbons (Fsp3) is 0.588. The number of hydrogen-bond acceptors (Lipinski definition) is 5. The molecule has 1 heterocycles. The quantitative estimate of drug-likeness (QED) is 0.464. The summed E-state index contributed by atoms with van der Waals surface area (Å²) in [6, 6.07) is 3.95. The van der Waals surface area contributed by atoms with E-state index in [4.69, 9.17) is 4.74 Å². The molecule has 0 aliphatic carbocycles. The molecule has 1 aliphatic heterocycles. The number of nitro benzene ring substituents is 1. The number of nitrogens with one attached hydrogen (secondary N) is 1. The van der Waals surface area contributed by atoms with E-state index in [9.17, 15) is 14.9 Å². The summed E-state index contributed by atoms with van der Waals surface area (Å²) in [7, 11) is 1.42. The van der Waals surface area contributed by atoms with Gasteiger partial charge in [0, 0.05) is 32.2 Å². The average Bonchev–Trinajstić information content (AvgIpc) is 2.62. The maximum atomic E-state index is 12.4. The highest BCUT2D eigenvalue weighted by molar-refractivity contribution is 5.91. The Bertz CT molecular complexity index is 600. The maximum Gasteiger partial charge on any atom is 0.322 e. The van der Waals surface area contributed by atoms with Crippen molar-refractivity contribution < 1.29 is 14.5 Å². The second-order valence-electron chi connectivity index (χ2n) is 6.11. The number of anilines is 1. The number of rotatable bonds is 7. The number of carbonyl (C=O) groups is 1. The summed E-state index contributed by atoms with van der Waals surface area (Å²) in [6.07, 6.45) is 3.64. The smallest absolute Gasteiger partial charge is 0.322 e. The lowest BCUT2D eigenvalue weighted by Crippen LogP contribution is -2.50. The van der Waals surface area contributed by atoms with Crippen molar-refractivity contribution in [1.29, 1.82) is 0 Å². The molecule has 0 unspecified atom stereocenters. The van der Waals surface area contributed by atoms with Gasteiger partial charge in [-0.05, 0) is 19.0 Å². The predicted molar refractivity (Wildman–Crippen MR) is 96.2 cm³/mol. The summed E-state index contributed by atoms with van der Waals surface area (Å²) in [6.45, 7) is 6.36. The lowest BCUT2D eigenvalue weighted by atomic mass is 10.2. The highest BCUT2D eigenvalue weighted by Crippen LogP contribution is 2.29. The molecule has 1 aliphatic rings. The molecule has 138 valence electrons. The number of nitrogens with zero attached hydrogens (tertiary/aromatic N) is 3. The molecule has 0 bridgehead atoms.